The van der Waals surface area contributed by atoms with Gasteiger partial charge in [0.25, 0.3) is 0 Å². The van der Waals surface area contributed by atoms with Gasteiger partial charge in [0.05, 0.1) is 12.1 Å². The van der Waals surface area contributed by atoms with Crippen molar-refractivity contribution in [1.82, 2.24) is 4.90 Å². The van der Waals surface area contributed by atoms with Crippen LogP contribution in [-0.2, 0) is 4.79 Å². The molecule has 4 atom stereocenters. The number of amides is 1. The molecule has 0 saturated heterocycles. The minimum absolute atomic E-state index is 0.162. The molecule has 1 saturated carbocycles. The molecule has 1 amide bonds. The molecule has 4 unspecified atom stereocenters. The molecule has 0 aromatic carbocycles. The van der Waals surface area contributed by atoms with E-state index in [0.29, 0.717) is 18.5 Å². The van der Waals surface area contributed by atoms with E-state index < -0.39 is 18.1 Å². The van der Waals surface area contributed by atoms with Crippen LogP contribution in [0.1, 0.15) is 6.42 Å². The highest BCUT2D eigenvalue weighted by Gasteiger charge is 2.43. The molecular formula is C12H18N2O4. The van der Waals surface area contributed by atoms with Gasteiger partial charge in [-0.15, -0.1) is 0 Å². The second kappa shape index (κ2) is 5.09. The first-order valence-corrected chi connectivity index (χ1v) is 5.94. The second-order valence-electron chi connectivity index (χ2n) is 4.80. The first kappa shape index (κ1) is 13.1. The minimum atomic E-state index is -0.934. The van der Waals surface area contributed by atoms with E-state index in [1.54, 1.807) is 23.3 Å². The van der Waals surface area contributed by atoms with E-state index >= 15 is 0 Å². The van der Waals surface area contributed by atoms with Crippen molar-refractivity contribution in [2.24, 2.45) is 11.7 Å². The Balaban J connectivity index is 2.08. The zero-order chi connectivity index (χ0) is 13.3. The van der Waals surface area contributed by atoms with Crippen LogP contribution in [0.15, 0.2) is 23.9 Å². The summed E-state index contributed by atoms with van der Waals surface area (Å²) in [6.45, 7) is 0.156. The highest BCUT2D eigenvalue weighted by molar-refractivity contribution is 5.92. The average Bonchev–Trinajstić information content (AvgIpc) is 2.66. The van der Waals surface area contributed by atoms with Gasteiger partial charge in [0.15, 0.2) is 0 Å². The van der Waals surface area contributed by atoms with Crippen molar-refractivity contribution in [3.63, 3.8) is 0 Å². The fraction of sp³-hybridized carbons (Fsp3) is 0.583. The molecule has 1 heterocycles. The molecule has 100 valence electrons. The molecule has 0 bridgehead atoms. The topological polar surface area (TPSA) is 107 Å². The lowest BCUT2D eigenvalue weighted by atomic mass is 10.1. The largest absolute Gasteiger partial charge is 0.396 e. The molecule has 0 spiro atoms. The Morgan fingerprint density at radius 2 is 2.17 bits per heavy atom. The number of rotatable bonds is 3. The fourth-order valence-electron chi connectivity index (χ4n) is 2.57. The Kier molecular flexibility index (Phi) is 3.70. The predicted molar refractivity (Wildman–Crippen MR) is 64.1 cm³/mol. The lowest BCUT2D eigenvalue weighted by Gasteiger charge is -2.32. The molecule has 1 fully saturated rings. The summed E-state index contributed by atoms with van der Waals surface area (Å²) < 4.78 is 0. The van der Waals surface area contributed by atoms with Gasteiger partial charge in [0.2, 0.25) is 5.91 Å². The maximum Gasteiger partial charge on any atom is 0.246 e. The van der Waals surface area contributed by atoms with Crippen molar-refractivity contribution in [2.75, 3.05) is 13.2 Å². The average molecular weight is 254 g/mol. The number of nitrogens with zero attached hydrogens (tertiary/aromatic N) is 1. The number of hydrogen-bond acceptors (Lipinski definition) is 5. The molecule has 0 aromatic heterocycles. The molecule has 6 heteroatoms. The Hall–Kier alpha value is -1.37. The van der Waals surface area contributed by atoms with Crippen LogP contribution in [0.3, 0.4) is 0 Å². The highest BCUT2D eigenvalue weighted by Crippen LogP contribution is 2.31. The van der Waals surface area contributed by atoms with E-state index in [-0.39, 0.29) is 18.6 Å². The van der Waals surface area contributed by atoms with Gasteiger partial charge in [-0.25, -0.2) is 0 Å². The fourth-order valence-corrected chi connectivity index (χ4v) is 2.57. The van der Waals surface area contributed by atoms with E-state index in [2.05, 4.69) is 0 Å². The predicted octanol–water partition coefficient (Wildman–Crippen LogP) is -1.67. The molecule has 18 heavy (non-hydrogen) atoms. The molecule has 5 N–H and O–H groups in total. The van der Waals surface area contributed by atoms with E-state index in [4.69, 9.17) is 10.8 Å². The van der Waals surface area contributed by atoms with Gasteiger partial charge in [-0.1, -0.05) is 6.08 Å². The first-order valence-electron chi connectivity index (χ1n) is 5.94. The number of aliphatic hydroxyl groups is 3. The van der Waals surface area contributed by atoms with Crippen molar-refractivity contribution >= 4 is 5.91 Å². The Morgan fingerprint density at radius 1 is 1.44 bits per heavy atom. The Morgan fingerprint density at radius 3 is 2.72 bits per heavy atom. The molecule has 0 aromatic rings. The third-order valence-electron chi connectivity index (χ3n) is 3.68. The lowest BCUT2D eigenvalue weighted by molar-refractivity contribution is -0.114. The van der Waals surface area contributed by atoms with Crippen LogP contribution in [0.5, 0.6) is 0 Å². The molecule has 6 nitrogen and oxygen atoms in total. The summed E-state index contributed by atoms with van der Waals surface area (Å²) in [7, 11) is 0. The van der Waals surface area contributed by atoms with Crippen molar-refractivity contribution < 1.29 is 20.1 Å². The summed E-state index contributed by atoms with van der Waals surface area (Å²) in [5, 5.41) is 28.8. The van der Waals surface area contributed by atoms with Gasteiger partial charge in [0.1, 0.15) is 6.10 Å². The number of carbonyl (C=O) groups excluding carboxylic acids is 1. The molecule has 1 aliphatic heterocycles. The van der Waals surface area contributed by atoms with Crippen LogP contribution >= 0.6 is 0 Å². The van der Waals surface area contributed by atoms with Gasteiger partial charge in [-0.05, 0) is 18.7 Å². The Labute approximate surface area is 105 Å². The number of nitrogens with two attached hydrogens (primary N) is 1. The zero-order valence-corrected chi connectivity index (χ0v) is 9.94. The van der Waals surface area contributed by atoms with Gasteiger partial charge < -0.3 is 26.0 Å². The third kappa shape index (κ3) is 2.27. The van der Waals surface area contributed by atoms with Crippen molar-refractivity contribution in [3.8, 4) is 0 Å². The summed E-state index contributed by atoms with van der Waals surface area (Å²) in [6.07, 6.45) is 3.70. The SMILES string of the molecule is NC(=O)C1=CC=CN(C2CC(CO)C(O)C2O)C1. The van der Waals surface area contributed by atoms with Gasteiger partial charge in [-0.3, -0.25) is 4.79 Å². The maximum atomic E-state index is 11.1. The van der Waals surface area contributed by atoms with Crippen molar-refractivity contribution in [2.45, 2.75) is 24.7 Å². The quantitative estimate of drug-likeness (QED) is 0.482. The van der Waals surface area contributed by atoms with Gasteiger partial charge in [0, 0.05) is 24.6 Å². The van der Waals surface area contributed by atoms with E-state index in [1.165, 1.54) is 0 Å². The van der Waals surface area contributed by atoms with Crippen LogP contribution in [0, 0.1) is 5.92 Å². The van der Waals surface area contributed by atoms with Gasteiger partial charge >= 0.3 is 0 Å². The summed E-state index contributed by atoms with van der Waals surface area (Å²) in [6, 6.07) is -0.309. The Bertz CT molecular complexity index is 394. The number of allylic oxidation sites excluding steroid dienone is 2. The standard InChI is InChI=1S/C12H18N2O4/c13-12(18)7-2-1-3-14(5-7)9-4-8(6-15)10(16)11(9)17/h1-3,8-11,15-17H,4-6H2,(H2,13,18). The smallest absolute Gasteiger partial charge is 0.246 e. The molecular weight excluding hydrogens is 236 g/mol. The monoisotopic (exact) mass is 254 g/mol. The highest BCUT2D eigenvalue weighted by atomic mass is 16.3. The lowest BCUT2D eigenvalue weighted by Crippen LogP contribution is -2.43. The summed E-state index contributed by atoms with van der Waals surface area (Å²) >= 11 is 0. The van der Waals surface area contributed by atoms with Gasteiger partial charge in [-0.2, -0.15) is 0 Å². The normalized spacial score (nSPS) is 35.7. The van der Waals surface area contributed by atoms with Crippen LogP contribution < -0.4 is 5.73 Å². The van der Waals surface area contributed by atoms with Crippen molar-refractivity contribution in [1.29, 1.82) is 0 Å². The summed E-state index contributed by atoms with van der Waals surface area (Å²) in [4.78, 5) is 12.9. The van der Waals surface area contributed by atoms with Crippen LogP contribution in [0.4, 0.5) is 0 Å². The molecule has 0 radical (unpaired) electrons. The van der Waals surface area contributed by atoms with Crippen LogP contribution in [0.2, 0.25) is 0 Å². The third-order valence-corrected chi connectivity index (χ3v) is 3.68. The van der Waals surface area contributed by atoms with Crippen molar-refractivity contribution in [3.05, 3.63) is 23.9 Å². The number of hydrogen-bond donors (Lipinski definition) is 4. The molecule has 2 rings (SSSR count). The number of primary amides is 1. The summed E-state index contributed by atoms with van der Waals surface area (Å²) in [5.74, 6) is -0.822. The van der Waals surface area contributed by atoms with Crippen LogP contribution in [0.25, 0.3) is 0 Å². The van der Waals surface area contributed by atoms with E-state index in [0.717, 1.165) is 0 Å². The minimum Gasteiger partial charge on any atom is -0.396 e. The maximum absolute atomic E-state index is 11.1. The number of aliphatic hydroxyl groups excluding tert-OH is 3. The van der Waals surface area contributed by atoms with E-state index in [1.807, 2.05) is 0 Å². The first-order chi connectivity index (χ1) is 8.54. The summed E-state index contributed by atoms with van der Waals surface area (Å²) in [5.41, 5.74) is 5.69. The van der Waals surface area contributed by atoms with Crippen LogP contribution in [-0.4, -0.2) is 57.5 Å². The zero-order valence-electron chi connectivity index (χ0n) is 9.94. The second-order valence-corrected chi connectivity index (χ2v) is 4.80. The molecule has 1 aliphatic carbocycles. The molecule has 2 aliphatic rings. The van der Waals surface area contributed by atoms with E-state index in [9.17, 15) is 15.0 Å². The number of carbonyl (C=O) groups is 1.